The van der Waals surface area contributed by atoms with Crippen LogP contribution in [0, 0.1) is 0 Å². The Hall–Kier alpha value is -3.44. The number of nitrogens with one attached hydrogen (secondary N) is 2. The van der Waals surface area contributed by atoms with Crippen molar-refractivity contribution in [1.82, 2.24) is 14.8 Å². The number of aromatic nitrogens is 3. The summed E-state index contributed by atoms with van der Waals surface area (Å²) in [4.78, 5) is 3.35. The van der Waals surface area contributed by atoms with Crippen LogP contribution in [0.2, 0.25) is 5.02 Å². The lowest BCUT2D eigenvalue weighted by Gasteiger charge is -2.04. The Morgan fingerprint density at radius 1 is 1.03 bits per heavy atom. The molecule has 150 valence electrons. The van der Waals surface area contributed by atoms with Gasteiger partial charge in [0.25, 0.3) is 0 Å². The fraction of sp³-hybridized carbons (Fsp3) is 0.125. The molecule has 0 aliphatic heterocycles. The van der Waals surface area contributed by atoms with Crippen molar-refractivity contribution in [2.24, 2.45) is 0 Å². The monoisotopic (exact) mass is 416 g/mol. The van der Waals surface area contributed by atoms with Gasteiger partial charge in [-0.05, 0) is 54.4 Å². The molecule has 0 spiro atoms. The Kier molecular flexibility index (Phi) is 4.81. The van der Waals surface area contributed by atoms with Crippen LogP contribution in [0.5, 0.6) is 5.75 Å². The first kappa shape index (κ1) is 18.6. The zero-order valence-corrected chi connectivity index (χ0v) is 17.3. The van der Waals surface area contributed by atoms with Crippen LogP contribution in [0.15, 0.2) is 72.9 Å². The quantitative estimate of drug-likeness (QED) is 0.348. The predicted octanol–water partition coefficient (Wildman–Crippen LogP) is 6.17. The largest absolute Gasteiger partial charge is 0.497 e. The Labute approximate surface area is 179 Å². The maximum atomic E-state index is 6.15. The number of methoxy groups -OCH3 is 1. The summed E-state index contributed by atoms with van der Waals surface area (Å²) in [5.74, 6) is 1.58. The first-order valence-electron chi connectivity index (χ1n) is 9.83. The number of anilines is 2. The number of H-pyrrole nitrogens is 1. The number of aryl methyl sites for hydroxylation is 2. The highest BCUT2D eigenvalue weighted by molar-refractivity contribution is 6.30. The van der Waals surface area contributed by atoms with Gasteiger partial charge in [-0.1, -0.05) is 35.9 Å². The molecule has 0 bridgehead atoms. The minimum Gasteiger partial charge on any atom is -0.497 e. The van der Waals surface area contributed by atoms with Gasteiger partial charge in [0.2, 0.25) is 0 Å². The van der Waals surface area contributed by atoms with Crippen LogP contribution in [-0.2, 0) is 13.0 Å². The molecule has 0 amide bonds. The van der Waals surface area contributed by atoms with Crippen LogP contribution >= 0.6 is 11.6 Å². The topological polar surface area (TPSA) is 54.9 Å². The number of halogens is 1. The van der Waals surface area contributed by atoms with Gasteiger partial charge in [-0.25, -0.2) is 0 Å². The standard InChI is InChI=1S/C24H21ClN4O/c1-30-19-9-10-23-21(14-19)24(27-18-6-4-5-17(25)13-18)28-29(23)12-11-16-15-26-22-8-3-2-7-20(16)22/h2-10,13-15,26H,11-12H2,1H3,(H,27,28). The summed E-state index contributed by atoms with van der Waals surface area (Å²) in [5, 5.41) is 11.2. The average molecular weight is 417 g/mol. The van der Waals surface area contributed by atoms with Crippen LogP contribution in [0.3, 0.4) is 0 Å². The van der Waals surface area contributed by atoms with Gasteiger partial charge in [0, 0.05) is 39.7 Å². The van der Waals surface area contributed by atoms with E-state index in [4.69, 9.17) is 21.4 Å². The molecule has 0 aliphatic carbocycles. The SMILES string of the molecule is COc1ccc2c(c1)c(Nc1cccc(Cl)c1)nn2CCc1c[nH]c2ccccc12. The molecule has 3 aromatic carbocycles. The smallest absolute Gasteiger partial charge is 0.160 e. The van der Waals surface area contributed by atoms with E-state index < -0.39 is 0 Å². The number of para-hydroxylation sites is 1. The van der Waals surface area contributed by atoms with Gasteiger partial charge in [0.15, 0.2) is 5.82 Å². The van der Waals surface area contributed by atoms with E-state index in [1.165, 1.54) is 10.9 Å². The van der Waals surface area contributed by atoms with Crippen molar-refractivity contribution in [2.45, 2.75) is 13.0 Å². The number of hydrogen-bond donors (Lipinski definition) is 2. The molecule has 0 radical (unpaired) electrons. The number of nitrogens with zero attached hydrogens (tertiary/aromatic N) is 2. The van der Waals surface area contributed by atoms with Crippen LogP contribution < -0.4 is 10.1 Å². The Balaban J connectivity index is 1.50. The highest BCUT2D eigenvalue weighted by Gasteiger charge is 2.13. The third-order valence-corrected chi connectivity index (χ3v) is 5.55. The van der Waals surface area contributed by atoms with Crippen LogP contribution in [0.1, 0.15) is 5.56 Å². The summed E-state index contributed by atoms with van der Waals surface area (Å²) >= 11 is 6.15. The molecular weight excluding hydrogens is 396 g/mol. The van der Waals surface area contributed by atoms with E-state index in [9.17, 15) is 0 Å². The molecule has 0 unspecified atom stereocenters. The number of benzene rings is 3. The summed E-state index contributed by atoms with van der Waals surface area (Å²) in [7, 11) is 1.67. The summed E-state index contributed by atoms with van der Waals surface area (Å²) in [6.45, 7) is 0.766. The number of aromatic amines is 1. The third-order valence-electron chi connectivity index (χ3n) is 5.31. The zero-order valence-electron chi connectivity index (χ0n) is 16.5. The molecule has 5 rings (SSSR count). The molecule has 2 heterocycles. The normalized spacial score (nSPS) is 11.3. The molecule has 0 atom stereocenters. The Bertz CT molecular complexity index is 1340. The van der Waals surface area contributed by atoms with E-state index in [1.54, 1.807) is 7.11 Å². The van der Waals surface area contributed by atoms with Crippen molar-refractivity contribution in [1.29, 1.82) is 0 Å². The number of rotatable bonds is 6. The summed E-state index contributed by atoms with van der Waals surface area (Å²) in [6.07, 6.45) is 2.97. The zero-order chi connectivity index (χ0) is 20.5. The van der Waals surface area contributed by atoms with E-state index in [-0.39, 0.29) is 0 Å². The van der Waals surface area contributed by atoms with Gasteiger partial charge in [-0.15, -0.1) is 0 Å². The van der Waals surface area contributed by atoms with Crippen molar-refractivity contribution in [3.05, 3.63) is 83.5 Å². The fourth-order valence-electron chi connectivity index (χ4n) is 3.82. The number of fused-ring (bicyclic) bond motifs is 2. The van der Waals surface area contributed by atoms with E-state index in [1.807, 2.05) is 47.1 Å². The van der Waals surface area contributed by atoms with Crippen LogP contribution in [-0.4, -0.2) is 21.9 Å². The van der Waals surface area contributed by atoms with Gasteiger partial charge in [0.05, 0.1) is 12.6 Å². The summed E-state index contributed by atoms with van der Waals surface area (Å²) in [5.41, 5.74) is 4.40. The molecule has 2 N–H and O–H groups in total. The van der Waals surface area contributed by atoms with Crippen LogP contribution in [0.25, 0.3) is 21.8 Å². The van der Waals surface area contributed by atoms with Gasteiger partial charge in [-0.3, -0.25) is 4.68 Å². The van der Waals surface area contributed by atoms with Gasteiger partial charge < -0.3 is 15.0 Å². The molecule has 0 aliphatic rings. The lowest BCUT2D eigenvalue weighted by Crippen LogP contribution is -2.03. The lowest BCUT2D eigenvalue weighted by atomic mass is 10.1. The molecule has 6 heteroatoms. The Morgan fingerprint density at radius 3 is 2.80 bits per heavy atom. The second-order valence-electron chi connectivity index (χ2n) is 7.20. The average Bonchev–Trinajstić information content (AvgIpc) is 3.33. The molecule has 0 fully saturated rings. The molecule has 0 saturated heterocycles. The maximum Gasteiger partial charge on any atom is 0.160 e. The fourth-order valence-corrected chi connectivity index (χ4v) is 4.01. The van der Waals surface area contributed by atoms with Crippen molar-refractivity contribution >= 4 is 44.9 Å². The lowest BCUT2D eigenvalue weighted by molar-refractivity contribution is 0.415. The number of hydrogen-bond acceptors (Lipinski definition) is 3. The van der Waals surface area contributed by atoms with Crippen molar-refractivity contribution in [3.8, 4) is 5.75 Å². The van der Waals surface area contributed by atoms with E-state index in [0.717, 1.165) is 46.6 Å². The van der Waals surface area contributed by atoms with Crippen LogP contribution in [0.4, 0.5) is 11.5 Å². The minimum absolute atomic E-state index is 0.681. The molecule has 0 saturated carbocycles. The van der Waals surface area contributed by atoms with E-state index >= 15 is 0 Å². The second-order valence-corrected chi connectivity index (χ2v) is 7.64. The maximum absolute atomic E-state index is 6.15. The first-order valence-corrected chi connectivity index (χ1v) is 10.2. The van der Waals surface area contributed by atoms with Gasteiger partial charge >= 0.3 is 0 Å². The summed E-state index contributed by atoms with van der Waals surface area (Å²) in [6, 6.07) is 22.0. The van der Waals surface area contributed by atoms with Gasteiger partial charge in [-0.2, -0.15) is 5.10 Å². The molecule has 5 nitrogen and oxygen atoms in total. The number of ether oxygens (including phenoxy) is 1. The molecular formula is C24H21ClN4O. The van der Waals surface area contributed by atoms with E-state index in [0.29, 0.717) is 5.02 Å². The molecule has 5 aromatic rings. The van der Waals surface area contributed by atoms with Crippen molar-refractivity contribution < 1.29 is 4.74 Å². The van der Waals surface area contributed by atoms with E-state index in [2.05, 4.69) is 40.8 Å². The molecule has 30 heavy (non-hydrogen) atoms. The molecule has 2 aromatic heterocycles. The van der Waals surface area contributed by atoms with Crippen molar-refractivity contribution in [2.75, 3.05) is 12.4 Å². The Morgan fingerprint density at radius 2 is 1.93 bits per heavy atom. The summed E-state index contributed by atoms with van der Waals surface area (Å²) < 4.78 is 7.48. The second kappa shape index (κ2) is 7.76. The predicted molar refractivity (Wildman–Crippen MR) is 123 cm³/mol. The highest BCUT2D eigenvalue weighted by Crippen LogP contribution is 2.30. The van der Waals surface area contributed by atoms with Crippen molar-refractivity contribution in [3.63, 3.8) is 0 Å². The first-order chi connectivity index (χ1) is 14.7. The minimum atomic E-state index is 0.681. The highest BCUT2D eigenvalue weighted by atomic mass is 35.5. The third kappa shape index (κ3) is 3.48. The van der Waals surface area contributed by atoms with Gasteiger partial charge in [0.1, 0.15) is 5.75 Å².